The van der Waals surface area contributed by atoms with Gasteiger partial charge >= 0.3 is 6.16 Å². The van der Waals surface area contributed by atoms with Crippen molar-refractivity contribution in [1.82, 2.24) is 0 Å². The van der Waals surface area contributed by atoms with Crippen molar-refractivity contribution in [2.24, 2.45) is 0 Å². The second-order valence-electron chi connectivity index (χ2n) is 9.02. The van der Waals surface area contributed by atoms with Crippen molar-refractivity contribution in [1.29, 1.82) is 0 Å². The average molecular weight is 479 g/mol. The molecule has 0 saturated heterocycles. The van der Waals surface area contributed by atoms with E-state index in [9.17, 15) is 4.79 Å². The molecule has 186 valence electrons. The molecule has 0 aliphatic carbocycles. The van der Waals surface area contributed by atoms with E-state index in [2.05, 4.69) is 24.3 Å². The Morgan fingerprint density at radius 3 is 1.80 bits per heavy atom. The summed E-state index contributed by atoms with van der Waals surface area (Å²) in [6.07, 6.45) is 0.123. The molecule has 3 aromatic carbocycles. The zero-order chi connectivity index (χ0) is 25.1. The predicted molar refractivity (Wildman–Crippen MR) is 135 cm³/mol. The molecule has 0 aliphatic rings. The smallest absolute Gasteiger partial charge is 0.493 e. The normalized spacial score (nSPS) is 11.3. The van der Waals surface area contributed by atoms with Gasteiger partial charge in [-0.1, -0.05) is 60.7 Å². The van der Waals surface area contributed by atoms with Gasteiger partial charge in [-0.05, 0) is 62.9 Å². The van der Waals surface area contributed by atoms with Crippen molar-refractivity contribution in [3.63, 3.8) is 0 Å². The molecule has 0 heterocycles. The van der Waals surface area contributed by atoms with Gasteiger partial charge in [0.05, 0.1) is 20.3 Å². The number of rotatable bonds is 11. The van der Waals surface area contributed by atoms with Gasteiger partial charge in [0, 0.05) is 5.56 Å². The van der Waals surface area contributed by atoms with Crippen LogP contribution >= 0.6 is 0 Å². The Labute approximate surface area is 207 Å². The first-order valence-corrected chi connectivity index (χ1v) is 11.7. The molecule has 0 fully saturated rings. The third-order valence-electron chi connectivity index (χ3n) is 5.05. The molecule has 0 saturated carbocycles. The lowest BCUT2D eigenvalue weighted by molar-refractivity contribution is -0.145. The predicted octanol–water partition coefficient (Wildman–Crippen LogP) is 6.53. The number of carbonyl (C=O) groups excluding carboxylic acids is 1. The summed E-state index contributed by atoms with van der Waals surface area (Å²) in [6, 6.07) is 25.5. The first-order valence-electron chi connectivity index (χ1n) is 11.7. The van der Waals surface area contributed by atoms with Crippen molar-refractivity contribution < 1.29 is 28.5 Å². The number of ether oxygens (including phenoxy) is 5. The lowest BCUT2D eigenvalue weighted by Crippen LogP contribution is -2.26. The highest BCUT2D eigenvalue weighted by molar-refractivity contribution is 5.66. The monoisotopic (exact) mass is 478 g/mol. The Hall–Kier alpha value is -3.35. The molecule has 6 nitrogen and oxygen atoms in total. The minimum atomic E-state index is -0.793. The molecule has 0 spiro atoms. The minimum Gasteiger partial charge on any atom is -0.493 e. The molecule has 6 heteroatoms. The molecule has 0 N–H and O–H groups in total. The molecule has 3 rings (SSSR count). The second kappa shape index (κ2) is 12.9. The second-order valence-corrected chi connectivity index (χ2v) is 9.02. The number of carbonyl (C=O) groups is 1. The standard InChI is InChI=1S/C29H34O6/c1-29(2,3)35-28(30)34-25-16-15-24(21-26(25)31-4)27(32-19-17-22-11-7-5-8-12-22)33-20-18-23-13-9-6-10-14-23/h5-16,21,27H,17-20H2,1-4H3. The number of hydrogen-bond donors (Lipinski definition) is 0. The van der Waals surface area contributed by atoms with Crippen molar-refractivity contribution in [2.75, 3.05) is 20.3 Å². The molecule has 0 aromatic heterocycles. The fourth-order valence-corrected chi connectivity index (χ4v) is 3.37. The molecule has 0 atom stereocenters. The van der Waals surface area contributed by atoms with Gasteiger partial charge in [-0.2, -0.15) is 0 Å². The van der Waals surface area contributed by atoms with E-state index in [1.54, 1.807) is 39.0 Å². The summed E-state index contributed by atoms with van der Waals surface area (Å²) >= 11 is 0. The average Bonchev–Trinajstić information content (AvgIpc) is 2.83. The van der Waals surface area contributed by atoms with Gasteiger partial charge in [-0.15, -0.1) is 0 Å². The van der Waals surface area contributed by atoms with Crippen LogP contribution in [0.5, 0.6) is 11.5 Å². The first-order chi connectivity index (χ1) is 16.8. The van der Waals surface area contributed by atoms with Crippen LogP contribution in [0.25, 0.3) is 0 Å². The van der Waals surface area contributed by atoms with E-state index in [4.69, 9.17) is 23.7 Å². The summed E-state index contributed by atoms with van der Waals surface area (Å²) in [4.78, 5) is 12.1. The maximum absolute atomic E-state index is 12.1. The van der Waals surface area contributed by atoms with Crippen molar-refractivity contribution in [2.45, 2.75) is 45.5 Å². The van der Waals surface area contributed by atoms with E-state index in [1.165, 1.54) is 18.2 Å². The van der Waals surface area contributed by atoms with Gasteiger partial charge in [-0.25, -0.2) is 4.79 Å². The minimum absolute atomic E-state index is 0.262. The van der Waals surface area contributed by atoms with Gasteiger partial charge in [0.25, 0.3) is 0 Å². The van der Waals surface area contributed by atoms with Gasteiger partial charge in [0.2, 0.25) is 0 Å². The quantitative estimate of drug-likeness (QED) is 0.177. The highest BCUT2D eigenvalue weighted by atomic mass is 16.7. The lowest BCUT2D eigenvalue weighted by Gasteiger charge is -2.21. The fourth-order valence-electron chi connectivity index (χ4n) is 3.37. The van der Waals surface area contributed by atoms with Crippen LogP contribution in [0, 0.1) is 0 Å². The van der Waals surface area contributed by atoms with Gasteiger partial charge in [0.1, 0.15) is 5.60 Å². The van der Waals surface area contributed by atoms with E-state index in [-0.39, 0.29) is 5.75 Å². The van der Waals surface area contributed by atoms with E-state index >= 15 is 0 Å². The van der Waals surface area contributed by atoms with Crippen LogP contribution in [0.15, 0.2) is 78.9 Å². The first kappa shape index (κ1) is 26.3. The van der Waals surface area contributed by atoms with E-state index in [1.807, 2.05) is 36.4 Å². The van der Waals surface area contributed by atoms with E-state index < -0.39 is 18.0 Å². The summed E-state index contributed by atoms with van der Waals surface area (Å²) in [7, 11) is 1.52. The van der Waals surface area contributed by atoms with Crippen LogP contribution in [0.3, 0.4) is 0 Å². The molecule has 0 aliphatic heterocycles. The summed E-state index contributed by atoms with van der Waals surface area (Å²) in [6.45, 7) is 6.30. The van der Waals surface area contributed by atoms with Crippen LogP contribution in [-0.4, -0.2) is 32.1 Å². The zero-order valence-corrected chi connectivity index (χ0v) is 20.9. The maximum Gasteiger partial charge on any atom is 0.514 e. The molecule has 0 radical (unpaired) electrons. The third kappa shape index (κ3) is 9.08. The Balaban J connectivity index is 1.70. The number of hydrogen-bond acceptors (Lipinski definition) is 6. The Morgan fingerprint density at radius 1 is 0.771 bits per heavy atom. The molecular formula is C29H34O6. The van der Waals surface area contributed by atoms with Crippen LogP contribution < -0.4 is 9.47 Å². The van der Waals surface area contributed by atoms with Crippen molar-refractivity contribution >= 4 is 6.16 Å². The van der Waals surface area contributed by atoms with E-state index in [0.717, 1.165) is 18.4 Å². The number of benzene rings is 3. The molecular weight excluding hydrogens is 444 g/mol. The van der Waals surface area contributed by atoms with Crippen molar-refractivity contribution in [3.8, 4) is 11.5 Å². The van der Waals surface area contributed by atoms with Crippen LogP contribution in [-0.2, 0) is 27.1 Å². The Kier molecular flexibility index (Phi) is 9.70. The van der Waals surface area contributed by atoms with Crippen LogP contribution in [0.1, 0.15) is 43.8 Å². The highest BCUT2D eigenvalue weighted by Crippen LogP contribution is 2.32. The maximum atomic E-state index is 12.1. The topological polar surface area (TPSA) is 63.2 Å². The van der Waals surface area contributed by atoms with Gasteiger partial charge in [-0.3, -0.25) is 0 Å². The van der Waals surface area contributed by atoms with Crippen LogP contribution in [0.2, 0.25) is 0 Å². The van der Waals surface area contributed by atoms with Gasteiger partial charge in [0.15, 0.2) is 17.8 Å². The lowest BCUT2D eigenvalue weighted by atomic mass is 10.1. The van der Waals surface area contributed by atoms with Crippen LogP contribution in [0.4, 0.5) is 4.79 Å². The Bertz CT molecular complexity index is 998. The number of methoxy groups -OCH3 is 1. The SMILES string of the molecule is COc1cc(C(OCCc2ccccc2)OCCc2ccccc2)ccc1OC(=O)OC(C)(C)C. The molecule has 0 bridgehead atoms. The highest BCUT2D eigenvalue weighted by Gasteiger charge is 2.21. The summed E-state index contributed by atoms with van der Waals surface area (Å²) in [5.41, 5.74) is 2.48. The zero-order valence-electron chi connectivity index (χ0n) is 20.9. The molecule has 0 unspecified atom stereocenters. The fraction of sp³-hybridized carbons (Fsp3) is 0.345. The summed E-state index contributed by atoms with van der Waals surface area (Å²) < 4.78 is 28.4. The molecule has 0 amide bonds. The Morgan fingerprint density at radius 2 is 1.31 bits per heavy atom. The van der Waals surface area contributed by atoms with Gasteiger partial charge < -0.3 is 23.7 Å². The largest absolute Gasteiger partial charge is 0.514 e. The summed E-state index contributed by atoms with van der Waals surface area (Å²) in [5.74, 6) is 0.648. The van der Waals surface area contributed by atoms with Crippen molar-refractivity contribution in [3.05, 3.63) is 95.6 Å². The third-order valence-corrected chi connectivity index (χ3v) is 5.05. The molecule has 35 heavy (non-hydrogen) atoms. The summed E-state index contributed by atoms with van der Waals surface area (Å²) in [5, 5.41) is 0. The van der Waals surface area contributed by atoms with E-state index in [0.29, 0.717) is 19.0 Å². The molecule has 3 aromatic rings.